The average Bonchev–Trinajstić information content (AvgIpc) is 2.78. The number of hydrogen-bond acceptors (Lipinski definition) is 4. The first-order chi connectivity index (χ1) is 8.09. The molecule has 5 heteroatoms. The Kier molecular flexibility index (Phi) is 3.66. The quantitative estimate of drug-likeness (QED) is 0.901. The molecule has 0 aromatic carbocycles. The molecule has 0 aliphatic heterocycles. The van der Waals surface area contributed by atoms with E-state index in [0.717, 1.165) is 5.13 Å². The molecule has 0 amide bonds. The van der Waals surface area contributed by atoms with Gasteiger partial charge in [-0.2, -0.15) is 0 Å². The second-order valence-corrected chi connectivity index (χ2v) is 5.76. The first kappa shape index (κ1) is 12.4. The van der Waals surface area contributed by atoms with Crippen LogP contribution in [0, 0.1) is 5.92 Å². The van der Waals surface area contributed by atoms with E-state index in [9.17, 15) is 4.79 Å². The van der Waals surface area contributed by atoms with E-state index in [2.05, 4.69) is 16.8 Å². The SMILES string of the molecule is CC1CCCCC1N(C)c1ncc(C(=O)O)s1. The number of rotatable bonds is 3. The molecule has 2 rings (SSSR count). The minimum Gasteiger partial charge on any atom is -0.477 e. The molecule has 1 saturated carbocycles. The molecule has 0 radical (unpaired) electrons. The number of nitrogens with zero attached hydrogens (tertiary/aromatic N) is 2. The van der Waals surface area contributed by atoms with Gasteiger partial charge in [-0.15, -0.1) is 0 Å². The summed E-state index contributed by atoms with van der Waals surface area (Å²) in [5, 5.41) is 9.71. The van der Waals surface area contributed by atoms with E-state index in [-0.39, 0.29) is 0 Å². The zero-order chi connectivity index (χ0) is 12.4. The Hall–Kier alpha value is -1.10. The van der Waals surface area contributed by atoms with E-state index in [1.807, 2.05) is 7.05 Å². The van der Waals surface area contributed by atoms with Crippen molar-refractivity contribution in [3.05, 3.63) is 11.1 Å². The van der Waals surface area contributed by atoms with Gasteiger partial charge in [-0.3, -0.25) is 0 Å². The highest BCUT2D eigenvalue weighted by Gasteiger charge is 2.26. The van der Waals surface area contributed by atoms with Gasteiger partial charge in [0.25, 0.3) is 0 Å². The summed E-state index contributed by atoms with van der Waals surface area (Å²) in [7, 11) is 2.02. The van der Waals surface area contributed by atoms with E-state index in [1.54, 1.807) is 0 Å². The van der Waals surface area contributed by atoms with Crippen molar-refractivity contribution < 1.29 is 9.90 Å². The van der Waals surface area contributed by atoms with Crippen LogP contribution in [0.3, 0.4) is 0 Å². The van der Waals surface area contributed by atoms with Crippen molar-refractivity contribution in [1.29, 1.82) is 0 Å². The maximum atomic E-state index is 10.8. The fraction of sp³-hybridized carbons (Fsp3) is 0.667. The van der Waals surface area contributed by atoms with Crippen molar-refractivity contribution in [3.8, 4) is 0 Å². The van der Waals surface area contributed by atoms with Crippen LogP contribution < -0.4 is 4.90 Å². The van der Waals surface area contributed by atoms with Crippen LogP contribution in [0.15, 0.2) is 6.20 Å². The molecule has 1 aliphatic rings. The topological polar surface area (TPSA) is 53.4 Å². The number of carboxylic acids is 1. The molecule has 1 fully saturated rings. The van der Waals surface area contributed by atoms with Crippen LogP contribution in [0.1, 0.15) is 42.3 Å². The first-order valence-corrected chi connectivity index (χ1v) is 6.83. The van der Waals surface area contributed by atoms with E-state index >= 15 is 0 Å². The van der Waals surface area contributed by atoms with Crippen molar-refractivity contribution in [2.45, 2.75) is 38.6 Å². The molecule has 1 N–H and O–H groups in total. The first-order valence-electron chi connectivity index (χ1n) is 6.01. The van der Waals surface area contributed by atoms with Crippen LogP contribution >= 0.6 is 11.3 Å². The average molecular weight is 254 g/mol. The van der Waals surface area contributed by atoms with Gasteiger partial charge in [0.2, 0.25) is 0 Å². The molecule has 1 aromatic rings. The van der Waals surface area contributed by atoms with Crippen LogP contribution in [0.2, 0.25) is 0 Å². The Morgan fingerprint density at radius 3 is 2.82 bits per heavy atom. The minimum absolute atomic E-state index is 0.315. The third-order valence-electron chi connectivity index (χ3n) is 3.57. The van der Waals surface area contributed by atoms with Gasteiger partial charge in [-0.05, 0) is 18.8 Å². The molecular formula is C12H18N2O2S. The summed E-state index contributed by atoms with van der Waals surface area (Å²) in [6.07, 6.45) is 6.46. The monoisotopic (exact) mass is 254 g/mol. The lowest BCUT2D eigenvalue weighted by molar-refractivity contribution is 0.0702. The van der Waals surface area contributed by atoms with Gasteiger partial charge in [0.15, 0.2) is 5.13 Å². The molecular weight excluding hydrogens is 236 g/mol. The van der Waals surface area contributed by atoms with Gasteiger partial charge in [0, 0.05) is 13.1 Å². The molecule has 1 aliphatic carbocycles. The Morgan fingerprint density at radius 1 is 1.53 bits per heavy atom. The summed E-state index contributed by atoms with van der Waals surface area (Å²) in [6.45, 7) is 2.27. The van der Waals surface area contributed by atoms with Crippen LogP contribution in [0.5, 0.6) is 0 Å². The van der Waals surface area contributed by atoms with Gasteiger partial charge < -0.3 is 10.0 Å². The van der Waals surface area contributed by atoms with Gasteiger partial charge in [-0.25, -0.2) is 9.78 Å². The predicted octanol–water partition coefficient (Wildman–Crippen LogP) is 2.86. The number of hydrogen-bond donors (Lipinski definition) is 1. The normalized spacial score (nSPS) is 24.6. The summed E-state index contributed by atoms with van der Waals surface area (Å²) in [4.78, 5) is 17.5. The summed E-state index contributed by atoms with van der Waals surface area (Å²) >= 11 is 1.26. The second kappa shape index (κ2) is 5.04. The predicted molar refractivity (Wildman–Crippen MR) is 68.9 cm³/mol. The van der Waals surface area contributed by atoms with Crippen LogP contribution in [0.25, 0.3) is 0 Å². The molecule has 2 unspecified atom stereocenters. The van der Waals surface area contributed by atoms with Crippen molar-refractivity contribution in [3.63, 3.8) is 0 Å². The Bertz CT molecular complexity index is 405. The lowest BCUT2D eigenvalue weighted by atomic mass is 9.85. The molecule has 1 heterocycles. The fourth-order valence-corrected chi connectivity index (χ4v) is 3.31. The second-order valence-electron chi connectivity index (χ2n) is 4.75. The maximum absolute atomic E-state index is 10.8. The number of aromatic nitrogens is 1. The van der Waals surface area contributed by atoms with E-state index in [1.165, 1.54) is 43.2 Å². The highest BCUT2D eigenvalue weighted by atomic mass is 32.1. The standard InChI is InChI=1S/C12H18N2O2S/c1-8-5-3-4-6-9(8)14(2)12-13-7-10(17-12)11(15)16/h7-9H,3-6H2,1-2H3,(H,15,16). The maximum Gasteiger partial charge on any atom is 0.347 e. The van der Waals surface area contributed by atoms with Crippen molar-refractivity contribution >= 4 is 22.4 Å². The molecule has 1 aromatic heterocycles. The fourth-order valence-electron chi connectivity index (χ4n) is 2.54. The van der Waals surface area contributed by atoms with Crippen LogP contribution in [-0.2, 0) is 0 Å². The lowest BCUT2D eigenvalue weighted by Gasteiger charge is -2.36. The van der Waals surface area contributed by atoms with Crippen molar-refractivity contribution in [2.75, 3.05) is 11.9 Å². The van der Waals surface area contributed by atoms with Crippen LogP contribution in [-0.4, -0.2) is 29.1 Å². The Morgan fingerprint density at radius 2 is 2.24 bits per heavy atom. The van der Waals surface area contributed by atoms with Gasteiger partial charge in [0.1, 0.15) is 4.88 Å². The van der Waals surface area contributed by atoms with Gasteiger partial charge in [-0.1, -0.05) is 31.1 Å². The van der Waals surface area contributed by atoms with E-state index in [0.29, 0.717) is 16.8 Å². The highest BCUT2D eigenvalue weighted by molar-refractivity contribution is 7.17. The summed E-state index contributed by atoms with van der Waals surface area (Å²) in [6, 6.07) is 0.497. The highest BCUT2D eigenvalue weighted by Crippen LogP contribution is 2.32. The van der Waals surface area contributed by atoms with E-state index < -0.39 is 5.97 Å². The van der Waals surface area contributed by atoms with Crippen LogP contribution in [0.4, 0.5) is 5.13 Å². The Labute approximate surface area is 105 Å². The molecule has 0 spiro atoms. The molecule has 17 heavy (non-hydrogen) atoms. The summed E-state index contributed by atoms with van der Waals surface area (Å²) in [5.41, 5.74) is 0. The molecule has 94 valence electrons. The zero-order valence-electron chi connectivity index (χ0n) is 10.2. The Balaban J connectivity index is 2.12. The molecule has 4 nitrogen and oxygen atoms in total. The van der Waals surface area contributed by atoms with Crippen molar-refractivity contribution in [1.82, 2.24) is 4.98 Å². The molecule has 2 atom stereocenters. The minimum atomic E-state index is -0.890. The number of carboxylic acid groups (broad SMARTS) is 1. The third kappa shape index (κ3) is 2.60. The third-order valence-corrected chi connectivity index (χ3v) is 4.65. The summed E-state index contributed by atoms with van der Waals surface area (Å²) < 4.78 is 0. The largest absolute Gasteiger partial charge is 0.477 e. The number of anilines is 1. The van der Waals surface area contributed by atoms with Crippen molar-refractivity contribution in [2.24, 2.45) is 5.92 Å². The zero-order valence-corrected chi connectivity index (χ0v) is 11.0. The smallest absolute Gasteiger partial charge is 0.347 e. The number of thiazole rings is 1. The molecule has 0 bridgehead atoms. The lowest BCUT2D eigenvalue weighted by Crippen LogP contribution is -2.38. The van der Waals surface area contributed by atoms with E-state index in [4.69, 9.17) is 5.11 Å². The van der Waals surface area contributed by atoms with Gasteiger partial charge in [0.05, 0.1) is 6.20 Å². The number of carbonyl (C=O) groups is 1. The summed E-state index contributed by atoms with van der Waals surface area (Å²) in [5.74, 6) is -0.232. The number of aromatic carboxylic acids is 1. The molecule has 0 saturated heterocycles. The van der Waals surface area contributed by atoms with Gasteiger partial charge >= 0.3 is 5.97 Å².